The van der Waals surface area contributed by atoms with Gasteiger partial charge in [-0.25, -0.2) is 4.79 Å². The minimum Gasteiger partial charge on any atom is -0.390 e. The third-order valence-corrected chi connectivity index (χ3v) is 6.46. The van der Waals surface area contributed by atoms with Gasteiger partial charge in [0.15, 0.2) is 0 Å². The van der Waals surface area contributed by atoms with Crippen LogP contribution in [0.1, 0.15) is 22.3 Å². The number of hydrogen-bond donors (Lipinski definition) is 1. The van der Waals surface area contributed by atoms with Crippen LogP contribution in [0.3, 0.4) is 0 Å². The van der Waals surface area contributed by atoms with Gasteiger partial charge < -0.3 is 5.11 Å². The van der Waals surface area contributed by atoms with Crippen molar-refractivity contribution < 1.29 is 5.11 Å². The zero-order valence-electron chi connectivity index (χ0n) is 18.4. The first kappa shape index (κ1) is 20.7. The Morgan fingerprint density at radius 1 is 0.844 bits per heavy atom. The summed E-state index contributed by atoms with van der Waals surface area (Å²) in [5, 5.41) is 10.9. The Hall–Kier alpha value is -3.15. The Labute approximate surface area is 188 Å². The highest BCUT2D eigenvalue weighted by molar-refractivity contribution is 5.76. The monoisotopic (exact) mass is 427 g/mol. The van der Waals surface area contributed by atoms with Crippen molar-refractivity contribution in [3.8, 4) is 0 Å². The molecule has 32 heavy (non-hydrogen) atoms. The van der Waals surface area contributed by atoms with E-state index in [-0.39, 0.29) is 5.69 Å². The number of para-hydroxylation sites is 2. The Morgan fingerprint density at radius 2 is 1.50 bits per heavy atom. The van der Waals surface area contributed by atoms with Gasteiger partial charge in [-0.2, -0.15) is 0 Å². The smallest absolute Gasteiger partial charge is 0.329 e. The Bertz CT molecular complexity index is 1290. The lowest BCUT2D eigenvalue weighted by molar-refractivity contribution is 0.0918. The zero-order valence-corrected chi connectivity index (χ0v) is 18.4. The van der Waals surface area contributed by atoms with E-state index in [9.17, 15) is 9.90 Å². The molecule has 5 heteroatoms. The summed E-state index contributed by atoms with van der Waals surface area (Å²) >= 11 is 0. The molecule has 0 fully saturated rings. The summed E-state index contributed by atoms with van der Waals surface area (Å²) in [5.74, 6) is 0. The van der Waals surface area contributed by atoms with Crippen LogP contribution in [0.25, 0.3) is 11.0 Å². The molecule has 5 nitrogen and oxygen atoms in total. The van der Waals surface area contributed by atoms with Crippen LogP contribution in [0.5, 0.6) is 0 Å². The summed E-state index contributed by atoms with van der Waals surface area (Å²) in [6.07, 6.45) is 0.384. The van der Waals surface area contributed by atoms with Crippen LogP contribution in [0.15, 0.2) is 77.6 Å². The van der Waals surface area contributed by atoms with Crippen LogP contribution in [-0.4, -0.2) is 38.3 Å². The molecule has 0 radical (unpaired) electrons. The highest BCUT2D eigenvalue weighted by atomic mass is 16.3. The predicted octanol–water partition coefficient (Wildman–Crippen LogP) is 3.58. The third-order valence-electron chi connectivity index (χ3n) is 6.46. The number of imidazole rings is 1. The molecule has 1 aliphatic heterocycles. The summed E-state index contributed by atoms with van der Waals surface area (Å²) in [7, 11) is 0. The molecule has 4 aromatic rings. The number of nitrogens with zero attached hydrogens (tertiary/aromatic N) is 3. The molecule has 1 N–H and O–H groups in total. The summed E-state index contributed by atoms with van der Waals surface area (Å²) in [4.78, 5) is 15.6. The largest absolute Gasteiger partial charge is 0.390 e. The lowest BCUT2D eigenvalue weighted by Gasteiger charge is -2.30. The molecule has 0 spiro atoms. The lowest BCUT2D eigenvalue weighted by atomic mass is 10.00. The summed E-state index contributed by atoms with van der Waals surface area (Å²) in [6, 6.07) is 24.6. The topological polar surface area (TPSA) is 50.4 Å². The molecule has 1 atom stereocenters. The number of aliphatic hydroxyl groups excluding tert-OH is 1. The van der Waals surface area contributed by atoms with Gasteiger partial charge in [0.2, 0.25) is 0 Å². The van der Waals surface area contributed by atoms with Gasteiger partial charge in [0, 0.05) is 19.6 Å². The van der Waals surface area contributed by atoms with Crippen LogP contribution in [0.2, 0.25) is 0 Å². The maximum atomic E-state index is 13.4. The van der Waals surface area contributed by atoms with E-state index in [0.29, 0.717) is 19.6 Å². The molecule has 0 saturated heterocycles. The predicted molar refractivity (Wildman–Crippen MR) is 128 cm³/mol. The van der Waals surface area contributed by atoms with Crippen molar-refractivity contribution in [2.45, 2.75) is 39.1 Å². The van der Waals surface area contributed by atoms with Crippen molar-refractivity contribution in [3.63, 3.8) is 0 Å². The quantitative estimate of drug-likeness (QED) is 0.512. The first-order valence-corrected chi connectivity index (χ1v) is 11.3. The van der Waals surface area contributed by atoms with Crippen molar-refractivity contribution in [1.82, 2.24) is 14.0 Å². The minimum absolute atomic E-state index is 0.0742. The Balaban J connectivity index is 1.37. The van der Waals surface area contributed by atoms with Gasteiger partial charge in [0.25, 0.3) is 0 Å². The highest BCUT2D eigenvalue weighted by Gasteiger charge is 2.21. The van der Waals surface area contributed by atoms with Crippen LogP contribution < -0.4 is 5.69 Å². The second kappa shape index (κ2) is 8.77. The van der Waals surface area contributed by atoms with E-state index in [1.807, 2.05) is 28.8 Å². The maximum Gasteiger partial charge on any atom is 0.329 e. The van der Waals surface area contributed by atoms with E-state index in [0.717, 1.165) is 36.1 Å². The van der Waals surface area contributed by atoms with Crippen molar-refractivity contribution in [1.29, 1.82) is 0 Å². The molecular weight excluding hydrogens is 398 g/mol. The number of fused-ring (bicyclic) bond motifs is 2. The van der Waals surface area contributed by atoms with Gasteiger partial charge in [-0.05, 0) is 42.2 Å². The molecule has 0 amide bonds. The SMILES string of the molecule is Cc1ccc(Cn2c(=O)n(C[C@@H](O)CN3CCc4ccccc4C3)c3ccccc32)cc1. The second-order valence-electron chi connectivity index (χ2n) is 8.86. The standard InChI is InChI=1S/C27H29N3O2/c1-20-10-12-21(13-11-20)16-29-25-8-4-5-9-26(25)30(27(29)32)19-24(31)18-28-15-14-22-6-2-3-7-23(22)17-28/h2-13,24,31H,14-19H2,1H3/t24-/m0/s1. The van der Waals surface area contributed by atoms with Crippen LogP contribution in [0, 0.1) is 6.92 Å². The normalized spacial score (nSPS) is 15.1. The molecule has 3 aromatic carbocycles. The molecule has 0 saturated carbocycles. The lowest BCUT2D eigenvalue weighted by Crippen LogP contribution is -2.39. The average molecular weight is 428 g/mol. The molecule has 164 valence electrons. The molecular formula is C27H29N3O2. The van der Waals surface area contributed by atoms with Gasteiger partial charge >= 0.3 is 5.69 Å². The van der Waals surface area contributed by atoms with E-state index < -0.39 is 6.10 Å². The third kappa shape index (κ3) is 4.14. The maximum absolute atomic E-state index is 13.4. The summed E-state index contributed by atoms with van der Waals surface area (Å²) < 4.78 is 3.54. The van der Waals surface area contributed by atoms with E-state index in [2.05, 4.69) is 60.4 Å². The molecule has 0 aliphatic carbocycles. The number of aliphatic hydroxyl groups is 1. The summed E-state index contributed by atoms with van der Waals surface area (Å²) in [5.41, 5.74) is 6.71. The van der Waals surface area contributed by atoms with Crippen molar-refractivity contribution in [3.05, 3.63) is 106 Å². The molecule has 0 unspecified atom stereocenters. The molecule has 1 aromatic heterocycles. The Morgan fingerprint density at radius 3 is 2.25 bits per heavy atom. The number of aromatic nitrogens is 2. The van der Waals surface area contributed by atoms with E-state index >= 15 is 0 Å². The van der Waals surface area contributed by atoms with Gasteiger partial charge in [-0.15, -0.1) is 0 Å². The van der Waals surface area contributed by atoms with Gasteiger partial charge in [0.05, 0.1) is 30.2 Å². The van der Waals surface area contributed by atoms with Crippen LogP contribution >= 0.6 is 0 Å². The van der Waals surface area contributed by atoms with Crippen molar-refractivity contribution >= 4 is 11.0 Å². The first-order valence-electron chi connectivity index (χ1n) is 11.3. The van der Waals surface area contributed by atoms with Gasteiger partial charge in [0.1, 0.15) is 0 Å². The number of aryl methyl sites for hydroxylation is 1. The minimum atomic E-state index is -0.614. The van der Waals surface area contributed by atoms with E-state index in [1.165, 1.54) is 16.7 Å². The molecule has 5 rings (SSSR count). The van der Waals surface area contributed by atoms with Crippen LogP contribution in [0.4, 0.5) is 0 Å². The zero-order chi connectivity index (χ0) is 22.1. The Kier molecular flexibility index (Phi) is 5.68. The molecule has 2 heterocycles. The van der Waals surface area contributed by atoms with Crippen LogP contribution in [-0.2, 0) is 26.1 Å². The van der Waals surface area contributed by atoms with E-state index in [1.54, 1.807) is 4.57 Å². The molecule has 0 bridgehead atoms. The highest BCUT2D eigenvalue weighted by Crippen LogP contribution is 2.19. The van der Waals surface area contributed by atoms with Crippen molar-refractivity contribution in [2.24, 2.45) is 0 Å². The number of β-amino-alcohol motifs (C(OH)–C–C–N with tert-alkyl or cyclic N) is 1. The fraction of sp³-hybridized carbons (Fsp3) is 0.296. The first-order chi connectivity index (χ1) is 15.6. The van der Waals surface area contributed by atoms with E-state index in [4.69, 9.17) is 0 Å². The number of rotatable bonds is 6. The molecule has 1 aliphatic rings. The average Bonchev–Trinajstić information content (AvgIpc) is 3.06. The van der Waals surface area contributed by atoms with Gasteiger partial charge in [-0.3, -0.25) is 14.0 Å². The van der Waals surface area contributed by atoms with Gasteiger partial charge in [-0.1, -0.05) is 66.2 Å². The number of benzene rings is 3. The number of hydrogen-bond acceptors (Lipinski definition) is 3. The second-order valence-corrected chi connectivity index (χ2v) is 8.86. The fourth-order valence-corrected chi connectivity index (χ4v) is 4.75. The fourth-order valence-electron chi connectivity index (χ4n) is 4.75. The summed E-state index contributed by atoms with van der Waals surface area (Å²) in [6.45, 7) is 5.20. The van der Waals surface area contributed by atoms with Crippen molar-refractivity contribution in [2.75, 3.05) is 13.1 Å².